The number of nitrogens with one attached hydrogen (secondary N) is 1. The second-order valence-corrected chi connectivity index (χ2v) is 7.63. The fraction of sp³-hybridized carbons (Fsp3) is 0.370. The van der Waals surface area contributed by atoms with E-state index in [0.29, 0.717) is 0 Å². The molecule has 0 aromatic carbocycles. The Morgan fingerprint density at radius 1 is 0.968 bits per heavy atom. The fourth-order valence-corrected chi connectivity index (χ4v) is 2.80. The first kappa shape index (κ1) is 26.3. The Labute approximate surface area is 187 Å². The number of aliphatic hydroxyl groups is 2. The summed E-state index contributed by atoms with van der Waals surface area (Å²) in [5, 5.41) is 23.2. The van der Waals surface area contributed by atoms with Crippen molar-refractivity contribution in [3.8, 4) is 0 Å². The summed E-state index contributed by atoms with van der Waals surface area (Å²) >= 11 is 0. The Balaban J connectivity index is 3.01. The predicted octanol–water partition coefficient (Wildman–Crippen LogP) is 5.02. The molecule has 31 heavy (non-hydrogen) atoms. The van der Waals surface area contributed by atoms with Crippen molar-refractivity contribution in [3.05, 3.63) is 96.2 Å². The maximum Gasteiger partial charge on any atom is 0.244 e. The molecule has 0 aliphatic carbocycles. The van der Waals surface area contributed by atoms with Crippen molar-refractivity contribution in [3.63, 3.8) is 0 Å². The van der Waals surface area contributed by atoms with Crippen LogP contribution in [-0.4, -0.2) is 34.4 Å². The molecule has 0 radical (unpaired) electrons. The van der Waals surface area contributed by atoms with Crippen LogP contribution in [0.1, 0.15) is 46.5 Å². The normalized spacial score (nSPS) is 32.7. The molecule has 3 N–H and O–H groups in total. The number of amides is 1. The van der Waals surface area contributed by atoms with E-state index in [4.69, 9.17) is 0 Å². The number of allylic oxidation sites excluding steroid dienone is 11. The van der Waals surface area contributed by atoms with Crippen molar-refractivity contribution in [2.45, 2.75) is 64.7 Å². The van der Waals surface area contributed by atoms with Gasteiger partial charge in [0, 0.05) is 12.1 Å². The number of hydrogen-bond acceptors (Lipinski definition) is 3. The molecule has 4 nitrogen and oxygen atoms in total. The van der Waals surface area contributed by atoms with Crippen LogP contribution in [0.4, 0.5) is 0 Å². The van der Waals surface area contributed by atoms with Crippen molar-refractivity contribution < 1.29 is 15.0 Å². The van der Waals surface area contributed by atoms with Gasteiger partial charge in [0.25, 0.3) is 0 Å². The number of carbonyl (C=O) groups excluding carboxylic acids is 1. The molecule has 0 saturated carbocycles. The molecule has 1 heterocycles. The summed E-state index contributed by atoms with van der Waals surface area (Å²) in [5.41, 5.74) is 1.84. The van der Waals surface area contributed by atoms with Crippen LogP contribution in [0.2, 0.25) is 0 Å². The van der Waals surface area contributed by atoms with Crippen molar-refractivity contribution >= 4 is 5.91 Å². The maximum atomic E-state index is 12.3. The molecule has 0 saturated heterocycles. The Kier molecular flexibility index (Phi) is 13.6. The summed E-state index contributed by atoms with van der Waals surface area (Å²) in [6, 6.07) is 0.0292. The zero-order chi connectivity index (χ0) is 22.9. The summed E-state index contributed by atoms with van der Waals surface area (Å²) in [7, 11) is 0. The summed E-state index contributed by atoms with van der Waals surface area (Å²) < 4.78 is 0. The van der Waals surface area contributed by atoms with Crippen LogP contribution in [0.25, 0.3) is 0 Å². The number of rotatable bonds is 4. The minimum Gasteiger partial charge on any atom is -0.386 e. The van der Waals surface area contributed by atoms with Gasteiger partial charge in [-0.3, -0.25) is 4.79 Å². The molecule has 1 amide bonds. The highest BCUT2D eigenvalue weighted by atomic mass is 16.3. The Hall–Kier alpha value is -2.69. The zero-order valence-corrected chi connectivity index (χ0v) is 18.9. The molecular formula is C27H37NO3. The van der Waals surface area contributed by atoms with Crippen LogP contribution in [0.5, 0.6) is 0 Å². The summed E-state index contributed by atoms with van der Waals surface area (Å²) in [6.45, 7) is 5.96. The van der Waals surface area contributed by atoms with Gasteiger partial charge in [0.15, 0.2) is 0 Å². The maximum absolute atomic E-state index is 12.3. The molecule has 0 aromatic rings. The lowest BCUT2D eigenvalue weighted by atomic mass is 10.1. The standard InChI is InChI=1S/C27H37NO3/c1-4-5-6-7-17-24-18-11-8-14-22(2)15-9-12-19-25(29)26(30)21-23(3)16-10-13-20-27(31)28-24/h6-16,19-21,24-26,29-30H,4-5,17-18H2,1-3H3,(H,28,31)/b7-6+,11-8+,15-9+,16-10+,19-12-,20-13+,22-14+,23-21+. The van der Waals surface area contributed by atoms with Gasteiger partial charge in [-0.05, 0) is 33.1 Å². The van der Waals surface area contributed by atoms with Gasteiger partial charge in [-0.25, -0.2) is 0 Å². The summed E-state index contributed by atoms with van der Waals surface area (Å²) in [5.74, 6) is -0.141. The molecule has 4 heteroatoms. The van der Waals surface area contributed by atoms with Gasteiger partial charge in [-0.2, -0.15) is 0 Å². The molecule has 1 aliphatic rings. The number of aliphatic hydroxyl groups excluding tert-OH is 2. The van der Waals surface area contributed by atoms with Crippen LogP contribution < -0.4 is 5.32 Å². The topological polar surface area (TPSA) is 69.6 Å². The first-order chi connectivity index (χ1) is 14.9. The summed E-state index contributed by atoms with van der Waals surface area (Å²) in [4.78, 5) is 12.3. The largest absolute Gasteiger partial charge is 0.386 e. The lowest BCUT2D eigenvalue weighted by Gasteiger charge is -2.14. The average Bonchev–Trinajstić information content (AvgIpc) is 2.73. The SMILES string of the molecule is CCC/C=C/CC1C/C=C/C=C(C)/C=C/C=C\C(O)C(O)/C=C(C)/C=C/C=C/C(=O)N1. The van der Waals surface area contributed by atoms with Gasteiger partial charge in [0.05, 0.1) is 0 Å². The highest BCUT2D eigenvalue weighted by Gasteiger charge is 2.09. The third kappa shape index (κ3) is 13.3. The van der Waals surface area contributed by atoms with Crippen LogP contribution in [0, 0.1) is 0 Å². The zero-order valence-electron chi connectivity index (χ0n) is 18.9. The van der Waals surface area contributed by atoms with E-state index >= 15 is 0 Å². The van der Waals surface area contributed by atoms with Crippen molar-refractivity contribution in [2.24, 2.45) is 0 Å². The molecular weight excluding hydrogens is 386 g/mol. The van der Waals surface area contributed by atoms with E-state index in [1.165, 1.54) is 6.08 Å². The fourth-order valence-electron chi connectivity index (χ4n) is 2.80. The lowest BCUT2D eigenvalue weighted by molar-refractivity contribution is -0.117. The second-order valence-electron chi connectivity index (χ2n) is 7.63. The highest BCUT2D eigenvalue weighted by Crippen LogP contribution is 2.06. The molecule has 0 spiro atoms. The number of hydrogen-bond donors (Lipinski definition) is 3. The van der Waals surface area contributed by atoms with Gasteiger partial charge in [0.1, 0.15) is 12.2 Å². The molecule has 0 bridgehead atoms. The van der Waals surface area contributed by atoms with Crippen molar-refractivity contribution in [1.82, 2.24) is 5.32 Å². The van der Waals surface area contributed by atoms with Crippen molar-refractivity contribution in [2.75, 3.05) is 0 Å². The Morgan fingerprint density at radius 2 is 1.68 bits per heavy atom. The lowest BCUT2D eigenvalue weighted by Crippen LogP contribution is -2.32. The van der Waals surface area contributed by atoms with Gasteiger partial charge >= 0.3 is 0 Å². The van der Waals surface area contributed by atoms with Crippen LogP contribution in [0.15, 0.2) is 96.2 Å². The van der Waals surface area contributed by atoms with E-state index in [9.17, 15) is 15.0 Å². The molecule has 168 valence electrons. The van der Waals surface area contributed by atoms with E-state index < -0.39 is 12.2 Å². The first-order valence-corrected chi connectivity index (χ1v) is 11.0. The molecule has 1 rings (SSSR count). The first-order valence-electron chi connectivity index (χ1n) is 11.0. The van der Waals surface area contributed by atoms with E-state index in [-0.39, 0.29) is 11.9 Å². The third-order valence-corrected chi connectivity index (χ3v) is 4.58. The van der Waals surface area contributed by atoms with Gasteiger partial charge in [0.2, 0.25) is 5.91 Å². The van der Waals surface area contributed by atoms with E-state index in [1.54, 1.807) is 36.5 Å². The molecule has 3 unspecified atom stereocenters. The Morgan fingerprint density at radius 3 is 2.45 bits per heavy atom. The van der Waals surface area contributed by atoms with Crippen molar-refractivity contribution in [1.29, 1.82) is 0 Å². The molecule has 0 fully saturated rings. The van der Waals surface area contributed by atoms with Gasteiger partial charge < -0.3 is 15.5 Å². The predicted molar refractivity (Wildman–Crippen MR) is 130 cm³/mol. The number of unbranched alkanes of at least 4 members (excludes halogenated alkanes) is 1. The quantitative estimate of drug-likeness (QED) is 0.556. The molecule has 1 aliphatic heterocycles. The second kappa shape index (κ2) is 16.1. The average molecular weight is 424 g/mol. The van der Waals surface area contributed by atoms with Gasteiger partial charge in [-0.15, -0.1) is 0 Å². The van der Waals surface area contributed by atoms with E-state index in [2.05, 4.69) is 30.5 Å². The summed E-state index contributed by atoms with van der Waals surface area (Å²) in [6.07, 6.45) is 27.3. The van der Waals surface area contributed by atoms with Crippen LogP contribution >= 0.6 is 0 Å². The van der Waals surface area contributed by atoms with Gasteiger partial charge in [-0.1, -0.05) is 103 Å². The minimum atomic E-state index is -1.01. The molecule has 3 atom stereocenters. The molecule has 0 aromatic heterocycles. The van der Waals surface area contributed by atoms with E-state index in [0.717, 1.165) is 36.8 Å². The monoisotopic (exact) mass is 423 g/mol. The van der Waals surface area contributed by atoms with E-state index in [1.807, 2.05) is 38.2 Å². The highest BCUT2D eigenvalue weighted by molar-refractivity contribution is 5.88. The third-order valence-electron chi connectivity index (χ3n) is 4.58. The minimum absolute atomic E-state index is 0.0292. The number of carbonyl (C=O) groups is 1. The van der Waals surface area contributed by atoms with Crippen LogP contribution in [-0.2, 0) is 4.79 Å². The van der Waals surface area contributed by atoms with Crippen LogP contribution in [0.3, 0.4) is 0 Å². The Bertz CT molecular complexity index is 778. The smallest absolute Gasteiger partial charge is 0.244 e.